The summed E-state index contributed by atoms with van der Waals surface area (Å²) in [7, 11) is 0. The van der Waals surface area contributed by atoms with Crippen molar-refractivity contribution >= 4 is 29.6 Å². The summed E-state index contributed by atoms with van der Waals surface area (Å²) in [5.41, 5.74) is -6.61. The van der Waals surface area contributed by atoms with Gasteiger partial charge < -0.3 is 25.0 Å². The second-order valence-electron chi connectivity index (χ2n) is 12.6. The SMILES string of the molecule is C=C1OCC/C1=C/C(CC)C1(C)NC(=O)N(CC(=O)N2CC(C)N(c3ccc(C(O)(C(F)(F)F)C(F)(F)F)cc3/C=C\C)C[C@H]2C)C1=O. The molecule has 48 heavy (non-hydrogen) atoms. The summed E-state index contributed by atoms with van der Waals surface area (Å²) in [6, 6.07) is 0.644. The average molecular weight is 687 g/mol. The van der Waals surface area contributed by atoms with Crippen molar-refractivity contribution in [1.82, 2.24) is 15.1 Å². The molecule has 264 valence electrons. The molecule has 4 rings (SSSR count). The van der Waals surface area contributed by atoms with E-state index in [-0.39, 0.29) is 18.7 Å². The number of anilines is 1. The molecule has 4 atom stereocenters. The van der Waals surface area contributed by atoms with E-state index in [1.807, 2.05) is 13.0 Å². The van der Waals surface area contributed by atoms with Crippen LogP contribution in [0.15, 0.2) is 48.3 Å². The second-order valence-corrected chi connectivity index (χ2v) is 12.6. The zero-order chi connectivity index (χ0) is 36.0. The van der Waals surface area contributed by atoms with Crippen LogP contribution >= 0.6 is 0 Å². The number of benzene rings is 1. The van der Waals surface area contributed by atoms with Crippen LogP contribution in [-0.4, -0.2) is 89.0 Å². The highest BCUT2D eigenvalue weighted by Crippen LogP contribution is 2.50. The molecule has 3 heterocycles. The summed E-state index contributed by atoms with van der Waals surface area (Å²) in [5, 5.41) is 12.7. The number of rotatable bonds is 8. The lowest BCUT2D eigenvalue weighted by atomic mass is 9.82. The highest BCUT2D eigenvalue weighted by Gasteiger charge is 2.71. The lowest BCUT2D eigenvalue weighted by molar-refractivity contribution is -0.376. The van der Waals surface area contributed by atoms with Crippen LogP contribution in [0.4, 0.5) is 36.8 Å². The van der Waals surface area contributed by atoms with E-state index in [0.717, 1.165) is 16.5 Å². The molecule has 0 aromatic heterocycles. The Labute approximate surface area is 274 Å². The van der Waals surface area contributed by atoms with Crippen LogP contribution in [0, 0.1) is 5.92 Å². The molecule has 3 fully saturated rings. The Morgan fingerprint density at radius 2 is 1.79 bits per heavy atom. The van der Waals surface area contributed by atoms with Gasteiger partial charge in [-0.05, 0) is 57.4 Å². The zero-order valence-electron chi connectivity index (χ0n) is 27.3. The Bertz CT molecular complexity index is 1510. The molecule has 2 N–H and O–H groups in total. The fourth-order valence-electron chi connectivity index (χ4n) is 6.62. The van der Waals surface area contributed by atoms with Crippen molar-refractivity contribution in [1.29, 1.82) is 0 Å². The molecule has 0 aliphatic carbocycles. The first-order chi connectivity index (χ1) is 22.2. The van der Waals surface area contributed by atoms with Gasteiger partial charge in [-0.25, -0.2) is 4.79 Å². The summed E-state index contributed by atoms with van der Waals surface area (Å²) in [5.74, 6) is -0.940. The molecule has 3 aliphatic rings. The highest BCUT2D eigenvalue weighted by atomic mass is 19.4. The van der Waals surface area contributed by atoms with Crippen molar-refractivity contribution < 1.29 is 50.6 Å². The predicted octanol–water partition coefficient (Wildman–Crippen LogP) is 5.65. The molecule has 3 saturated heterocycles. The van der Waals surface area contributed by atoms with E-state index < -0.39 is 71.4 Å². The van der Waals surface area contributed by atoms with Gasteiger partial charge in [0.2, 0.25) is 5.91 Å². The number of urea groups is 1. The number of amides is 4. The number of alkyl halides is 6. The summed E-state index contributed by atoms with van der Waals surface area (Å²) >= 11 is 0. The lowest BCUT2D eigenvalue weighted by Gasteiger charge is -2.46. The number of nitrogens with one attached hydrogen (secondary N) is 1. The van der Waals surface area contributed by atoms with Crippen LogP contribution in [0.25, 0.3) is 6.08 Å². The minimum absolute atomic E-state index is 0.00700. The van der Waals surface area contributed by atoms with Gasteiger partial charge in [0.25, 0.3) is 11.5 Å². The molecule has 9 nitrogen and oxygen atoms in total. The maximum Gasteiger partial charge on any atom is 0.430 e. The number of hydrogen-bond donors (Lipinski definition) is 2. The average Bonchev–Trinajstić information content (AvgIpc) is 3.50. The van der Waals surface area contributed by atoms with Crippen molar-refractivity contribution in [3.63, 3.8) is 0 Å². The molecule has 1 aromatic carbocycles. The van der Waals surface area contributed by atoms with Gasteiger partial charge in [-0.3, -0.25) is 14.5 Å². The summed E-state index contributed by atoms with van der Waals surface area (Å²) in [6.07, 6.45) is -6.27. The van der Waals surface area contributed by atoms with Crippen molar-refractivity contribution in [3.05, 3.63) is 59.4 Å². The van der Waals surface area contributed by atoms with Crippen LogP contribution < -0.4 is 10.2 Å². The number of carbonyl (C=O) groups is 3. The van der Waals surface area contributed by atoms with E-state index in [4.69, 9.17) is 4.74 Å². The number of nitrogens with zero attached hydrogens (tertiary/aromatic N) is 3. The van der Waals surface area contributed by atoms with E-state index in [2.05, 4.69) is 11.9 Å². The first kappa shape index (κ1) is 36.8. The predicted molar refractivity (Wildman–Crippen MR) is 165 cm³/mol. The van der Waals surface area contributed by atoms with Crippen molar-refractivity contribution in [3.8, 4) is 0 Å². The number of carbonyl (C=O) groups excluding carboxylic acids is 3. The molecule has 3 unspecified atom stereocenters. The summed E-state index contributed by atoms with van der Waals surface area (Å²) in [6.45, 7) is 12.5. The third-order valence-corrected chi connectivity index (χ3v) is 9.41. The lowest BCUT2D eigenvalue weighted by Crippen LogP contribution is -2.60. The smallest absolute Gasteiger partial charge is 0.430 e. The van der Waals surface area contributed by atoms with Crippen molar-refractivity contribution in [2.45, 2.75) is 83.0 Å². The first-order valence-electron chi connectivity index (χ1n) is 15.6. The molecule has 1 aromatic rings. The highest BCUT2D eigenvalue weighted by molar-refractivity contribution is 6.09. The quantitative estimate of drug-likeness (QED) is 0.271. The van der Waals surface area contributed by atoms with E-state index in [0.29, 0.717) is 43.0 Å². The topological polar surface area (TPSA) is 102 Å². The summed E-state index contributed by atoms with van der Waals surface area (Å²) < 4.78 is 86.9. The minimum atomic E-state index is -6.03. The van der Waals surface area contributed by atoms with Gasteiger partial charge in [-0.2, -0.15) is 26.3 Å². The van der Waals surface area contributed by atoms with Gasteiger partial charge in [0.1, 0.15) is 17.8 Å². The number of imide groups is 1. The van der Waals surface area contributed by atoms with E-state index in [1.165, 1.54) is 17.1 Å². The number of halogens is 6. The zero-order valence-corrected chi connectivity index (χ0v) is 27.3. The molecule has 0 saturated carbocycles. The van der Waals surface area contributed by atoms with Gasteiger partial charge in [-0.15, -0.1) is 0 Å². The third-order valence-electron chi connectivity index (χ3n) is 9.41. The Morgan fingerprint density at radius 1 is 1.15 bits per heavy atom. The van der Waals surface area contributed by atoms with E-state index in [1.54, 1.807) is 32.6 Å². The Morgan fingerprint density at radius 3 is 2.33 bits per heavy atom. The molecule has 3 aliphatic heterocycles. The van der Waals surface area contributed by atoms with Gasteiger partial charge in [0.05, 0.1) is 6.61 Å². The van der Waals surface area contributed by atoms with Gasteiger partial charge >= 0.3 is 18.4 Å². The first-order valence-corrected chi connectivity index (χ1v) is 15.6. The van der Waals surface area contributed by atoms with Crippen LogP contribution in [0.5, 0.6) is 0 Å². The number of piperazine rings is 1. The Kier molecular flexibility index (Phi) is 10.1. The van der Waals surface area contributed by atoms with Gasteiger partial charge in [0.15, 0.2) is 0 Å². The van der Waals surface area contributed by atoms with E-state index >= 15 is 0 Å². The van der Waals surface area contributed by atoms with Gasteiger partial charge in [-0.1, -0.05) is 37.8 Å². The van der Waals surface area contributed by atoms with Crippen LogP contribution in [0.1, 0.15) is 58.6 Å². The monoisotopic (exact) mass is 686 g/mol. The fourth-order valence-corrected chi connectivity index (χ4v) is 6.62. The molecular weight excluding hydrogens is 646 g/mol. The number of hydrogen-bond acceptors (Lipinski definition) is 6. The Balaban J connectivity index is 1.53. The van der Waals surface area contributed by atoms with Crippen LogP contribution in [-0.2, 0) is 19.9 Å². The fraction of sp³-hybridized carbons (Fsp3) is 0.545. The normalized spacial score (nSPS) is 25.7. The van der Waals surface area contributed by atoms with Crippen LogP contribution in [0.2, 0.25) is 0 Å². The molecule has 15 heteroatoms. The maximum atomic E-state index is 13.6. The maximum absolute atomic E-state index is 13.6. The summed E-state index contributed by atoms with van der Waals surface area (Å²) in [4.78, 5) is 44.4. The minimum Gasteiger partial charge on any atom is -0.494 e. The molecule has 4 amide bonds. The van der Waals surface area contributed by atoms with E-state index in [9.17, 15) is 45.8 Å². The molecular formula is C33H40F6N4O5. The number of ether oxygens (including phenoxy) is 1. The third kappa shape index (κ3) is 6.40. The van der Waals surface area contributed by atoms with Crippen LogP contribution in [0.3, 0.4) is 0 Å². The van der Waals surface area contributed by atoms with Gasteiger partial charge in [0, 0.05) is 48.8 Å². The molecule has 0 radical (unpaired) electrons. The standard InChI is InChI=1S/C33H40F6N4O5/c1-7-9-23-15-25(31(47,32(34,35)36)33(37,38)39)10-11-26(23)41-16-20(4)42(17-19(41)3)27(44)18-43-28(45)30(6,40-29(43)46)24(8-2)14-22-12-13-48-21(22)5/h7,9-11,14-15,19-20,24,47H,5,8,12-13,16-18H2,1-4,6H3,(H,40,46)/b9-7-,22-14-/t19?,20-,24?,30?/m1/s1. The molecule has 0 spiro atoms. The largest absolute Gasteiger partial charge is 0.494 e. The second kappa shape index (κ2) is 13.1. The number of aliphatic hydroxyl groups is 1. The van der Waals surface area contributed by atoms with Crippen molar-refractivity contribution in [2.24, 2.45) is 5.92 Å². The number of allylic oxidation sites excluding steroid dienone is 2. The van der Waals surface area contributed by atoms with Crippen molar-refractivity contribution in [2.75, 3.05) is 31.1 Å². The molecule has 0 bridgehead atoms. The Hall–Kier alpha value is -4.01.